The van der Waals surface area contributed by atoms with E-state index in [1.165, 1.54) is 31.2 Å². The Labute approximate surface area is 150 Å². The molecule has 2 rings (SSSR count). The molecule has 0 aliphatic rings. The zero-order valence-corrected chi connectivity index (χ0v) is 14.7. The molecule has 0 saturated carbocycles. The van der Waals surface area contributed by atoms with E-state index in [4.69, 9.17) is 4.74 Å². The van der Waals surface area contributed by atoms with Crippen molar-refractivity contribution in [1.29, 1.82) is 0 Å². The van der Waals surface area contributed by atoms with Crippen molar-refractivity contribution in [1.82, 2.24) is 0 Å². The minimum absolute atomic E-state index is 0.303. The number of carbonyl (C=O) groups is 2. The van der Waals surface area contributed by atoms with Crippen molar-refractivity contribution in [2.24, 2.45) is 0 Å². The summed E-state index contributed by atoms with van der Waals surface area (Å²) in [7, 11) is 0. The molecule has 130 valence electrons. The van der Waals surface area contributed by atoms with Crippen LogP contribution in [-0.2, 0) is 14.3 Å². The number of nitrogens with one attached hydrogen (secondary N) is 1. The Kier molecular flexibility index (Phi) is 6.77. The Balaban J connectivity index is 1.87. The fourth-order valence-electron chi connectivity index (χ4n) is 1.96. The van der Waals surface area contributed by atoms with E-state index in [1.54, 1.807) is 23.9 Å². The van der Waals surface area contributed by atoms with Crippen LogP contribution >= 0.6 is 11.8 Å². The zero-order chi connectivity index (χ0) is 18.2. The summed E-state index contributed by atoms with van der Waals surface area (Å²) in [4.78, 5) is 24.9. The molecule has 1 atom stereocenters. The van der Waals surface area contributed by atoms with Crippen molar-refractivity contribution in [3.8, 4) is 0 Å². The highest BCUT2D eigenvalue weighted by Gasteiger charge is 2.16. The Morgan fingerprint density at radius 3 is 2.56 bits per heavy atom. The molecule has 0 aromatic heterocycles. The average Bonchev–Trinajstić information content (AvgIpc) is 2.60. The topological polar surface area (TPSA) is 55.4 Å². The molecule has 0 radical (unpaired) electrons. The lowest BCUT2D eigenvalue weighted by molar-refractivity contribution is -0.148. The molecule has 4 nitrogen and oxygen atoms in total. The van der Waals surface area contributed by atoms with Crippen LogP contribution in [0.2, 0.25) is 0 Å². The number of carbonyl (C=O) groups excluding carboxylic acids is 2. The first-order chi connectivity index (χ1) is 12.0. The van der Waals surface area contributed by atoms with Gasteiger partial charge in [-0.25, -0.2) is 9.18 Å². The highest BCUT2D eigenvalue weighted by molar-refractivity contribution is 7.98. The maximum absolute atomic E-state index is 13.1. The second-order valence-electron chi connectivity index (χ2n) is 5.19. The molecule has 0 fully saturated rings. The van der Waals surface area contributed by atoms with Gasteiger partial charge in [-0.3, -0.25) is 4.79 Å². The smallest absolute Gasteiger partial charge is 0.331 e. The highest BCUT2D eigenvalue weighted by atomic mass is 32.2. The van der Waals surface area contributed by atoms with Crippen LogP contribution in [0.25, 0.3) is 6.08 Å². The van der Waals surface area contributed by atoms with Crippen molar-refractivity contribution in [2.75, 3.05) is 11.6 Å². The number of benzene rings is 2. The lowest BCUT2D eigenvalue weighted by Gasteiger charge is -2.12. The van der Waals surface area contributed by atoms with Crippen LogP contribution in [-0.4, -0.2) is 24.2 Å². The fraction of sp³-hybridized carbons (Fsp3) is 0.158. The van der Waals surface area contributed by atoms with Gasteiger partial charge in [-0.2, -0.15) is 0 Å². The van der Waals surface area contributed by atoms with Crippen LogP contribution in [0, 0.1) is 5.82 Å². The summed E-state index contributed by atoms with van der Waals surface area (Å²) in [6, 6.07) is 13.2. The van der Waals surface area contributed by atoms with E-state index in [9.17, 15) is 14.0 Å². The number of halogens is 1. The summed E-state index contributed by atoms with van der Waals surface area (Å²) >= 11 is 1.63. The van der Waals surface area contributed by atoms with Crippen LogP contribution in [0.3, 0.4) is 0 Å². The molecular weight excluding hydrogens is 341 g/mol. The lowest BCUT2D eigenvalue weighted by atomic mass is 10.2. The predicted molar refractivity (Wildman–Crippen MR) is 97.8 cm³/mol. The monoisotopic (exact) mass is 359 g/mol. The van der Waals surface area contributed by atoms with Gasteiger partial charge in [0, 0.05) is 16.7 Å². The number of esters is 1. The summed E-state index contributed by atoms with van der Waals surface area (Å²) in [5, 5.41) is 2.49. The number of hydrogen-bond acceptors (Lipinski definition) is 4. The van der Waals surface area contributed by atoms with Gasteiger partial charge in [0.2, 0.25) is 0 Å². The predicted octanol–water partition coefficient (Wildman–Crippen LogP) is 4.13. The van der Waals surface area contributed by atoms with E-state index in [0.29, 0.717) is 5.69 Å². The van der Waals surface area contributed by atoms with Gasteiger partial charge in [0.25, 0.3) is 5.91 Å². The third-order valence-electron chi connectivity index (χ3n) is 3.28. The van der Waals surface area contributed by atoms with Crippen LogP contribution in [0.1, 0.15) is 12.5 Å². The van der Waals surface area contributed by atoms with Crippen LogP contribution in [0.4, 0.5) is 10.1 Å². The van der Waals surface area contributed by atoms with Crippen LogP contribution in [0.5, 0.6) is 0 Å². The molecule has 6 heteroatoms. The zero-order valence-electron chi connectivity index (χ0n) is 13.9. The number of thioether (sulfide) groups is 1. The minimum atomic E-state index is -1.00. The molecule has 0 spiro atoms. The molecule has 25 heavy (non-hydrogen) atoms. The lowest BCUT2D eigenvalue weighted by Crippen LogP contribution is -2.29. The van der Waals surface area contributed by atoms with E-state index in [2.05, 4.69) is 5.32 Å². The SMILES string of the molecule is CSc1ccc(/C=C/C(=O)O[C@@H](C)C(=O)Nc2cccc(F)c2)cc1. The van der Waals surface area contributed by atoms with E-state index in [0.717, 1.165) is 10.5 Å². The Hall–Kier alpha value is -2.60. The van der Waals surface area contributed by atoms with Gasteiger partial charge in [0.05, 0.1) is 0 Å². The maximum atomic E-state index is 13.1. The van der Waals surface area contributed by atoms with E-state index >= 15 is 0 Å². The van der Waals surface area contributed by atoms with Gasteiger partial charge in [-0.1, -0.05) is 18.2 Å². The van der Waals surface area contributed by atoms with E-state index < -0.39 is 23.8 Å². The third-order valence-corrected chi connectivity index (χ3v) is 4.03. The molecule has 0 aliphatic carbocycles. The molecule has 0 saturated heterocycles. The fourth-order valence-corrected chi connectivity index (χ4v) is 2.36. The Bertz CT molecular complexity index is 774. The van der Waals surface area contributed by atoms with Gasteiger partial charge in [-0.15, -0.1) is 11.8 Å². The summed E-state index contributed by atoms with van der Waals surface area (Å²) in [6.07, 6.45) is 3.86. The summed E-state index contributed by atoms with van der Waals surface area (Å²) in [6.45, 7) is 1.45. The Morgan fingerprint density at radius 2 is 1.92 bits per heavy atom. The standard InChI is InChI=1S/C19H18FNO3S/c1-13(19(23)21-16-5-3-4-15(20)12-16)24-18(22)11-8-14-6-9-17(25-2)10-7-14/h3-13H,1-2H3,(H,21,23)/b11-8+/t13-/m0/s1. The Morgan fingerprint density at radius 1 is 1.20 bits per heavy atom. The molecule has 0 aliphatic heterocycles. The van der Waals surface area contributed by atoms with Crippen molar-refractivity contribution in [3.05, 3.63) is 66.0 Å². The van der Waals surface area contributed by atoms with E-state index in [-0.39, 0.29) is 0 Å². The molecule has 0 bridgehead atoms. The van der Waals surface area contributed by atoms with Gasteiger partial charge in [0.15, 0.2) is 6.10 Å². The second-order valence-corrected chi connectivity index (χ2v) is 6.06. The summed E-state index contributed by atoms with van der Waals surface area (Å²) < 4.78 is 18.1. The number of amides is 1. The number of rotatable bonds is 6. The van der Waals surface area contributed by atoms with Gasteiger partial charge in [0.1, 0.15) is 5.82 Å². The number of ether oxygens (including phenoxy) is 1. The molecule has 2 aromatic rings. The maximum Gasteiger partial charge on any atom is 0.331 e. The van der Waals surface area contributed by atoms with Crippen molar-refractivity contribution in [3.63, 3.8) is 0 Å². The average molecular weight is 359 g/mol. The minimum Gasteiger partial charge on any atom is -0.449 e. The second kappa shape index (κ2) is 9.03. The molecular formula is C19H18FNO3S. The number of hydrogen-bond donors (Lipinski definition) is 1. The first-order valence-electron chi connectivity index (χ1n) is 7.57. The van der Waals surface area contributed by atoms with Crippen molar-refractivity contribution in [2.45, 2.75) is 17.9 Å². The first kappa shape index (κ1) is 18.7. The first-order valence-corrected chi connectivity index (χ1v) is 8.79. The van der Waals surface area contributed by atoms with E-state index in [1.807, 2.05) is 30.5 Å². The third kappa shape index (κ3) is 6.08. The largest absolute Gasteiger partial charge is 0.449 e. The highest BCUT2D eigenvalue weighted by Crippen LogP contribution is 2.15. The van der Waals surface area contributed by atoms with Gasteiger partial charge < -0.3 is 10.1 Å². The molecule has 1 amide bonds. The van der Waals surface area contributed by atoms with Crippen LogP contribution < -0.4 is 5.32 Å². The van der Waals surface area contributed by atoms with Gasteiger partial charge >= 0.3 is 5.97 Å². The van der Waals surface area contributed by atoms with Crippen molar-refractivity contribution < 1.29 is 18.7 Å². The molecule has 1 N–H and O–H groups in total. The molecule has 2 aromatic carbocycles. The van der Waals surface area contributed by atoms with Crippen LogP contribution in [0.15, 0.2) is 59.5 Å². The summed E-state index contributed by atoms with van der Waals surface area (Å²) in [5.74, 6) is -1.62. The normalized spacial score (nSPS) is 12.0. The summed E-state index contributed by atoms with van der Waals surface area (Å²) in [5.41, 5.74) is 1.16. The molecule has 0 heterocycles. The van der Waals surface area contributed by atoms with Crippen molar-refractivity contribution >= 4 is 35.4 Å². The quantitative estimate of drug-likeness (QED) is 0.479. The van der Waals surface area contributed by atoms with Gasteiger partial charge in [-0.05, 0) is 55.2 Å². The number of anilines is 1. The molecule has 0 unspecified atom stereocenters.